The highest BCUT2D eigenvalue weighted by Crippen LogP contribution is 2.34. The van der Waals surface area contributed by atoms with E-state index < -0.39 is 51.6 Å². The van der Waals surface area contributed by atoms with Gasteiger partial charge in [0.2, 0.25) is 5.95 Å². The average Bonchev–Trinajstić information content (AvgIpc) is 2.76. The summed E-state index contributed by atoms with van der Waals surface area (Å²) in [7, 11) is -3.77. The molecule has 1 aromatic heterocycles. The third-order valence-corrected chi connectivity index (χ3v) is 6.97. The van der Waals surface area contributed by atoms with Crippen molar-refractivity contribution >= 4 is 27.4 Å². The first-order chi connectivity index (χ1) is 16.1. The Bertz CT molecular complexity index is 1240. The predicted octanol–water partition coefficient (Wildman–Crippen LogP) is 1.98. The number of anilines is 2. The normalized spacial score (nSPS) is 17.2. The van der Waals surface area contributed by atoms with Gasteiger partial charge in [-0.05, 0) is 23.6 Å². The number of halogens is 4. The van der Waals surface area contributed by atoms with Crippen LogP contribution in [0.25, 0.3) is 0 Å². The number of nitrogens with zero attached hydrogens (tertiary/aromatic N) is 4. The van der Waals surface area contributed by atoms with Crippen LogP contribution in [0.1, 0.15) is 35.5 Å². The summed E-state index contributed by atoms with van der Waals surface area (Å²) in [6.45, 7) is 3.30. The fourth-order valence-electron chi connectivity index (χ4n) is 4.05. The van der Waals surface area contributed by atoms with Crippen LogP contribution in [-0.4, -0.2) is 61.3 Å². The highest BCUT2D eigenvalue weighted by molar-refractivity contribution is 7.90. The van der Waals surface area contributed by atoms with E-state index in [-0.39, 0.29) is 47.6 Å². The van der Waals surface area contributed by atoms with E-state index in [4.69, 9.17) is 5.73 Å². The van der Waals surface area contributed by atoms with E-state index >= 15 is 0 Å². The molecule has 0 spiro atoms. The number of nitrogens with two attached hydrogens (primary N) is 1. The van der Waals surface area contributed by atoms with Crippen LogP contribution in [0.15, 0.2) is 23.2 Å². The van der Waals surface area contributed by atoms with E-state index in [0.29, 0.717) is 0 Å². The number of alkyl halides is 3. The van der Waals surface area contributed by atoms with Gasteiger partial charge in [-0.25, -0.2) is 22.8 Å². The van der Waals surface area contributed by atoms with Crippen LogP contribution in [0.4, 0.5) is 29.2 Å². The molecule has 0 aliphatic carbocycles. The zero-order valence-electron chi connectivity index (χ0n) is 19.2. The molecule has 2 heterocycles. The standard InChI is InChI=1S/C21H25F4N5O4S/c1-11(2)16-9-29(15-7-17(35(3,33)34)12(10-31)6-14(15)22)4-5-30(16)20-27-8-13(19(26)32)18(28-20)21(23,24)25/h6-8,11,16,31H,4-5,9-10H2,1-3H3,(H2,26,32)/t16-/m0/s1. The maximum absolute atomic E-state index is 14.9. The Morgan fingerprint density at radius 3 is 2.46 bits per heavy atom. The van der Waals surface area contributed by atoms with Crippen LogP contribution >= 0.6 is 0 Å². The number of rotatable bonds is 6. The molecule has 0 bridgehead atoms. The summed E-state index contributed by atoms with van der Waals surface area (Å²) >= 11 is 0. The molecule has 1 aliphatic heterocycles. The minimum atomic E-state index is -4.93. The second kappa shape index (κ2) is 9.57. The second-order valence-corrected chi connectivity index (χ2v) is 10.6. The molecular formula is C21H25F4N5O4S. The van der Waals surface area contributed by atoms with Crippen LogP contribution in [0, 0.1) is 11.7 Å². The van der Waals surface area contributed by atoms with Crippen molar-refractivity contribution in [2.24, 2.45) is 11.7 Å². The molecule has 3 N–H and O–H groups in total. The van der Waals surface area contributed by atoms with Crippen LogP contribution in [-0.2, 0) is 22.6 Å². The molecule has 1 aliphatic rings. The van der Waals surface area contributed by atoms with Gasteiger partial charge in [0.15, 0.2) is 15.5 Å². The molecule has 2 aromatic rings. The zero-order chi connectivity index (χ0) is 26.3. The molecule has 3 rings (SSSR count). The molecule has 1 fully saturated rings. The summed E-state index contributed by atoms with van der Waals surface area (Å²) in [6.07, 6.45) is -3.25. The number of aliphatic hydroxyl groups excluding tert-OH is 1. The lowest BCUT2D eigenvalue weighted by atomic mass is 9.99. The number of hydrogen-bond donors (Lipinski definition) is 2. The predicted molar refractivity (Wildman–Crippen MR) is 119 cm³/mol. The van der Waals surface area contributed by atoms with Gasteiger partial charge in [-0.15, -0.1) is 0 Å². The monoisotopic (exact) mass is 519 g/mol. The first-order valence-electron chi connectivity index (χ1n) is 10.5. The number of carbonyl (C=O) groups is 1. The number of carbonyl (C=O) groups excluding carboxylic acids is 1. The number of amides is 1. The Kier molecular flexibility index (Phi) is 7.27. The summed E-state index contributed by atoms with van der Waals surface area (Å²) in [5, 5.41) is 9.44. The van der Waals surface area contributed by atoms with Gasteiger partial charge in [0.1, 0.15) is 5.82 Å². The molecular weight excluding hydrogens is 494 g/mol. The maximum atomic E-state index is 14.9. The fraction of sp³-hybridized carbons (Fsp3) is 0.476. The molecule has 1 amide bonds. The Labute approximate surface area is 199 Å². The number of sulfone groups is 1. The van der Waals surface area contributed by atoms with E-state index in [0.717, 1.165) is 24.6 Å². The lowest BCUT2D eigenvalue weighted by Crippen LogP contribution is -2.56. The minimum absolute atomic E-state index is 0.00565. The highest BCUT2D eigenvalue weighted by Gasteiger charge is 2.39. The fourth-order valence-corrected chi connectivity index (χ4v) is 4.98. The van der Waals surface area contributed by atoms with E-state index in [2.05, 4.69) is 9.97 Å². The summed E-state index contributed by atoms with van der Waals surface area (Å²) < 4.78 is 79.7. The van der Waals surface area contributed by atoms with Crippen molar-refractivity contribution in [3.63, 3.8) is 0 Å². The Hall–Kier alpha value is -3.00. The minimum Gasteiger partial charge on any atom is -0.392 e. The number of aliphatic hydroxyl groups is 1. The SMILES string of the molecule is CC(C)[C@@H]1CN(c2cc(S(C)(=O)=O)c(CO)cc2F)CCN1c1ncc(C(N)=O)c(C(F)(F)F)n1. The molecule has 14 heteroatoms. The van der Waals surface area contributed by atoms with Gasteiger partial charge in [0.05, 0.1) is 28.8 Å². The molecule has 0 radical (unpaired) electrons. The second-order valence-electron chi connectivity index (χ2n) is 8.59. The lowest BCUT2D eigenvalue weighted by molar-refractivity contribution is -0.141. The van der Waals surface area contributed by atoms with Crippen LogP contribution in [0.5, 0.6) is 0 Å². The Morgan fingerprint density at radius 1 is 1.29 bits per heavy atom. The highest BCUT2D eigenvalue weighted by atomic mass is 32.2. The molecule has 35 heavy (non-hydrogen) atoms. The number of hydrogen-bond acceptors (Lipinski definition) is 8. The van der Waals surface area contributed by atoms with E-state index in [1.807, 2.05) is 13.8 Å². The number of aromatic nitrogens is 2. The first kappa shape index (κ1) is 26.6. The Balaban J connectivity index is 2.01. The van der Waals surface area contributed by atoms with Gasteiger partial charge >= 0.3 is 6.18 Å². The summed E-state index contributed by atoms with van der Waals surface area (Å²) in [5.41, 5.74) is 2.67. The molecule has 0 saturated carbocycles. The number of benzene rings is 1. The summed E-state index contributed by atoms with van der Waals surface area (Å²) in [4.78, 5) is 21.9. The molecule has 192 valence electrons. The number of piperazine rings is 1. The average molecular weight is 520 g/mol. The molecule has 1 atom stereocenters. The smallest absolute Gasteiger partial charge is 0.392 e. The van der Waals surface area contributed by atoms with E-state index in [9.17, 15) is 35.9 Å². The van der Waals surface area contributed by atoms with Gasteiger partial charge in [-0.2, -0.15) is 13.2 Å². The third kappa shape index (κ3) is 5.48. The van der Waals surface area contributed by atoms with Gasteiger partial charge in [-0.1, -0.05) is 13.8 Å². The Morgan fingerprint density at radius 2 is 1.94 bits per heavy atom. The largest absolute Gasteiger partial charge is 0.434 e. The molecule has 1 saturated heterocycles. The van der Waals surface area contributed by atoms with E-state index in [1.54, 1.807) is 9.80 Å². The first-order valence-corrected chi connectivity index (χ1v) is 12.4. The molecule has 1 aromatic carbocycles. The van der Waals surface area contributed by atoms with Crippen molar-refractivity contribution in [1.29, 1.82) is 0 Å². The summed E-state index contributed by atoms with van der Waals surface area (Å²) in [6, 6.07) is 1.63. The van der Waals surface area contributed by atoms with E-state index in [1.165, 1.54) is 0 Å². The van der Waals surface area contributed by atoms with Crippen molar-refractivity contribution < 1.29 is 35.9 Å². The van der Waals surface area contributed by atoms with Crippen LogP contribution in [0.3, 0.4) is 0 Å². The van der Waals surface area contributed by atoms with Crippen molar-refractivity contribution in [3.05, 3.63) is 41.0 Å². The van der Waals surface area contributed by atoms with Crippen molar-refractivity contribution in [3.8, 4) is 0 Å². The lowest BCUT2D eigenvalue weighted by Gasteiger charge is -2.44. The van der Waals surface area contributed by atoms with Gasteiger partial charge in [0.25, 0.3) is 5.91 Å². The third-order valence-electron chi connectivity index (χ3n) is 5.80. The van der Waals surface area contributed by atoms with Crippen LogP contribution < -0.4 is 15.5 Å². The van der Waals surface area contributed by atoms with Gasteiger partial charge in [-0.3, -0.25) is 4.79 Å². The topological polar surface area (TPSA) is 130 Å². The molecule has 9 nitrogen and oxygen atoms in total. The van der Waals surface area contributed by atoms with Crippen molar-refractivity contribution in [2.45, 2.75) is 37.6 Å². The zero-order valence-corrected chi connectivity index (χ0v) is 20.0. The van der Waals surface area contributed by atoms with Gasteiger partial charge in [0, 0.05) is 32.1 Å². The number of primary amides is 1. The van der Waals surface area contributed by atoms with Crippen molar-refractivity contribution in [2.75, 3.05) is 35.7 Å². The quantitative estimate of drug-likeness (QED) is 0.438. The maximum Gasteiger partial charge on any atom is 0.434 e. The molecule has 0 unspecified atom stereocenters. The van der Waals surface area contributed by atoms with Crippen LogP contribution in [0.2, 0.25) is 0 Å². The summed E-state index contributed by atoms with van der Waals surface area (Å²) in [5.74, 6) is -2.45. The van der Waals surface area contributed by atoms with Gasteiger partial charge < -0.3 is 20.6 Å². The van der Waals surface area contributed by atoms with Crippen molar-refractivity contribution in [1.82, 2.24) is 9.97 Å².